The minimum atomic E-state index is -0.0949. The van der Waals surface area contributed by atoms with Gasteiger partial charge in [-0.1, -0.05) is 25.5 Å². The first-order valence-corrected chi connectivity index (χ1v) is 5.73. The van der Waals surface area contributed by atoms with Crippen molar-refractivity contribution in [2.75, 3.05) is 6.54 Å². The molecule has 3 rings (SSSR count). The molecule has 0 saturated carbocycles. The first kappa shape index (κ1) is 10.5. The van der Waals surface area contributed by atoms with Crippen LogP contribution in [0.1, 0.15) is 32.6 Å². The molecule has 4 heteroatoms. The fraction of sp³-hybridized carbons (Fsp3) is 0.727. The van der Waals surface area contributed by atoms with Crippen LogP contribution in [0, 0.1) is 0 Å². The van der Waals surface area contributed by atoms with Crippen molar-refractivity contribution in [3.63, 3.8) is 0 Å². The van der Waals surface area contributed by atoms with Crippen LogP contribution >= 0.6 is 0 Å². The zero-order valence-corrected chi connectivity index (χ0v) is 9.11. The molecule has 2 aliphatic heterocycles. The molecule has 0 spiro atoms. The summed E-state index contributed by atoms with van der Waals surface area (Å²) in [6, 6.07) is 0.0409. The van der Waals surface area contributed by atoms with Crippen LogP contribution in [0.4, 0.5) is 4.79 Å². The summed E-state index contributed by atoms with van der Waals surface area (Å²) in [5.41, 5.74) is 0. The molecule has 1 saturated heterocycles. The monoisotopic (exact) mass is 210 g/mol. The van der Waals surface area contributed by atoms with Crippen molar-refractivity contribution < 1.29 is 9.63 Å². The third-order valence-electron chi connectivity index (χ3n) is 2.85. The lowest BCUT2D eigenvalue weighted by Gasteiger charge is -2.39. The second-order valence-corrected chi connectivity index (χ2v) is 4.08. The number of hydroxylamine groups is 2. The highest BCUT2D eigenvalue weighted by molar-refractivity contribution is 5.73. The number of nitrogens with zero attached hydrogens (tertiary/aromatic N) is 1. The second-order valence-electron chi connectivity index (χ2n) is 4.08. The third kappa shape index (κ3) is 2.31. The van der Waals surface area contributed by atoms with E-state index >= 15 is 0 Å². The number of amides is 2. The average molecular weight is 210 g/mol. The van der Waals surface area contributed by atoms with Crippen LogP contribution in [0.3, 0.4) is 0 Å². The predicted molar refractivity (Wildman–Crippen MR) is 57.2 cm³/mol. The summed E-state index contributed by atoms with van der Waals surface area (Å²) in [6.07, 6.45) is 8.37. The fourth-order valence-corrected chi connectivity index (χ4v) is 1.94. The van der Waals surface area contributed by atoms with E-state index in [1.807, 2.05) is 6.08 Å². The van der Waals surface area contributed by atoms with E-state index in [0.29, 0.717) is 0 Å². The molecule has 2 atom stereocenters. The summed E-state index contributed by atoms with van der Waals surface area (Å²) in [4.78, 5) is 17.2. The molecule has 4 nitrogen and oxygen atoms in total. The van der Waals surface area contributed by atoms with E-state index < -0.39 is 0 Å². The van der Waals surface area contributed by atoms with Crippen LogP contribution in [0.5, 0.6) is 0 Å². The summed E-state index contributed by atoms with van der Waals surface area (Å²) < 4.78 is 0. The van der Waals surface area contributed by atoms with Crippen LogP contribution in [0.15, 0.2) is 12.2 Å². The Morgan fingerprint density at radius 3 is 2.93 bits per heavy atom. The zero-order valence-electron chi connectivity index (χ0n) is 9.11. The van der Waals surface area contributed by atoms with E-state index in [9.17, 15) is 4.79 Å². The largest absolute Gasteiger partial charge is 0.341 e. The molecule has 84 valence electrons. The maximum absolute atomic E-state index is 11.7. The van der Waals surface area contributed by atoms with Gasteiger partial charge < -0.3 is 5.32 Å². The molecule has 2 bridgehead atoms. The number of fused-ring (bicyclic) bond motifs is 2. The number of carbonyl (C=O) groups excluding carboxylic acids is 1. The Kier molecular flexibility index (Phi) is 3.26. The fourth-order valence-electron chi connectivity index (χ4n) is 1.94. The van der Waals surface area contributed by atoms with Crippen LogP contribution in [-0.4, -0.2) is 29.8 Å². The van der Waals surface area contributed by atoms with Gasteiger partial charge in [0.15, 0.2) is 0 Å². The van der Waals surface area contributed by atoms with Crippen molar-refractivity contribution in [2.45, 2.75) is 44.8 Å². The Morgan fingerprint density at radius 1 is 1.53 bits per heavy atom. The molecular weight excluding hydrogens is 192 g/mol. The van der Waals surface area contributed by atoms with Crippen LogP contribution < -0.4 is 5.32 Å². The maximum atomic E-state index is 11.7. The van der Waals surface area contributed by atoms with Crippen molar-refractivity contribution in [3.05, 3.63) is 12.2 Å². The van der Waals surface area contributed by atoms with Gasteiger partial charge in [-0.15, -0.1) is 0 Å². The molecule has 0 aromatic heterocycles. The van der Waals surface area contributed by atoms with Gasteiger partial charge in [0, 0.05) is 6.54 Å². The highest BCUT2D eigenvalue weighted by Gasteiger charge is 2.34. The lowest BCUT2D eigenvalue weighted by atomic mass is 9.98. The molecular formula is C11H18N2O2. The molecule has 0 unspecified atom stereocenters. The number of carbonyl (C=O) groups is 1. The van der Waals surface area contributed by atoms with E-state index in [4.69, 9.17) is 4.84 Å². The molecule has 2 amide bonds. The molecule has 0 aromatic carbocycles. The van der Waals surface area contributed by atoms with Gasteiger partial charge in [0.1, 0.15) is 6.10 Å². The van der Waals surface area contributed by atoms with E-state index in [1.165, 1.54) is 5.06 Å². The Labute approximate surface area is 90.2 Å². The van der Waals surface area contributed by atoms with Crippen molar-refractivity contribution in [1.82, 2.24) is 10.4 Å². The van der Waals surface area contributed by atoms with E-state index in [-0.39, 0.29) is 18.2 Å². The normalized spacial score (nSPS) is 28.2. The Hall–Kier alpha value is -1.03. The van der Waals surface area contributed by atoms with Gasteiger partial charge >= 0.3 is 6.03 Å². The van der Waals surface area contributed by atoms with Gasteiger partial charge in [-0.2, -0.15) is 5.06 Å². The molecule has 0 aromatic rings. The number of rotatable bonds is 3. The summed E-state index contributed by atoms with van der Waals surface area (Å²) in [6.45, 7) is 2.84. The van der Waals surface area contributed by atoms with Gasteiger partial charge in [-0.25, -0.2) is 4.79 Å². The highest BCUT2D eigenvalue weighted by Crippen LogP contribution is 2.27. The Bertz CT molecular complexity index is 265. The summed E-state index contributed by atoms with van der Waals surface area (Å²) in [5, 5.41) is 4.36. The number of hydrogen-bond donors (Lipinski definition) is 1. The SMILES string of the molecule is CCCCNC(=O)N1O[C@@H]2C=C[C@H]1CC2. The minimum absolute atomic E-state index is 0.0949. The summed E-state index contributed by atoms with van der Waals surface area (Å²) in [7, 11) is 0. The predicted octanol–water partition coefficient (Wildman–Crippen LogP) is 1.83. The number of hydrogen-bond acceptors (Lipinski definition) is 2. The molecule has 1 N–H and O–H groups in total. The van der Waals surface area contributed by atoms with Gasteiger partial charge in [0.05, 0.1) is 6.04 Å². The van der Waals surface area contributed by atoms with E-state index in [2.05, 4.69) is 18.3 Å². The zero-order chi connectivity index (χ0) is 10.7. The summed E-state index contributed by atoms with van der Waals surface area (Å²) >= 11 is 0. The molecule has 15 heavy (non-hydrogen) atoms. The number of nitrogens with one attached hydrogen (secondary N) is 1. The van der Waals surface area contributed by atoms with Crippen molar-refractivity contribution in [3.8, 4) is 0 Å². The second kappa shape index (κ2) is 4.66. The topological polar surface area (TPSA) is 41.6 Å². The molecule has 3 aliphatic rings. The van der Waals surface area contributed by atoms with Crippen LogP contribution in [-0.2, 0) is 4.84 Å². The lowest BCUT2D eigenvalue weighted by molar-refractivity contribution is -0.195. The highest BCUT2D eigenvalue weighted by atomic mass is 16.7. The van der Waals surface area contributed by atoms with Crippen LogP contribution in [0.2, 0.25) is 0 Å². The first-order valence-electron chi connectivity index (χ1n) is 5.73. The number of urea groups is 1. The minimum Gasteiger partial charge on any atom is -0.336 e. The average Bonchev–Trinajstić information content (AvgIpc) is 2.30. The molecule has 0 radical (unpaired) electrons. The molecule has 2 heterocycles. The quantitative estimate of drug-likeness (QED) is 0.570. The van der Waals surface area contributed by atoms with Gasteiger partial charge in [0.2, 0.25) is 0 Å². The third-order valence-corrected chi connectivity index (χ3v) is 2.85. The summed E-state index contributed by atoms with van der Waals surface area (Å²) in [5.74, 6) is 0. The van der Waals surface area contributed by atoms with Crippen molar-refractivity contribution in [2.24, 2.45) is 0 Å². The van der Waals surface area contributed by atoms with Gasteiger partial charge in [-0.05, 0) is 19.3 Å². The van der Waals surface area contributed by atoms with E-state index in [0.717, 1.165) is 32.2 Å². The van der Waals surface area contributed by atoms with Gasteiger partial charge in [-0.3, -0.25) is 4.84 Å². The lowest BCUT2D eigenvalue weighted by Crippen LogP contribution is -2.52. The maximum Gasteiger partial charge on any atom is 0.341 e. The smallest absolute Gasteiger partial charge is 0.336 e. The molecule has 1 aliphatic carbocycles. The molecule has 1 fully saturated rings. The van der Waals surface area contributed by atoms with Gasteiger partial charge in [0.25, 0.3) is 0 Å². The Balaban J connectivity index is 1.84. The van der Waals surface area contributed by atoms with Crippen molar-refractivity contribution >= 4 is 6.03 Å². The van der Waals surface area contributed by atoms with Crippen LogP contribution in [0.25, 0.3) is 0 Å². The standard InChI is InChI=1S/C11H18N2O2/c1-2-3-8-12-11(14)13-9-4-6-10(15-13)7-5-9/h4,6,9-10H,2-3,5,7-8H2,1H3,(H,12,14)/t9-,10+/m0/s1. The number of unbranched alkanes of at least 4 members (excludes halogenated alkanes) is 1. The van der Waals surface area contributed by atoms with Crippen molar-refractivity contribution in [1.29, 1.82) is 0 Å². The van der Waals surface area contributed by atoms with E-state index in [1.54, 1.807) is 0 Å². The first-order chi connectivity index (χ1) is 7.31. The Morgan fingerprint density at radius 2 is 2.40 bits per heavy atom.